The lowest BCUT2D eigenvalue weighted by Gasteiger charge is -2.31. The zero-order chi connectivity index (χ0) is 25.8. The van der Waals surface area contributed by atoms with Gasteiger partial charge >= 0.3 is 0 Å². The minimum atomic E-state index is -0.596. The van der Waals surface area contributed by atoms with Gasteiger partial charge in [0.15, 0.2) is 5.82 Å². The summed E-state index contributed by atoms with van der Waals surface area (Å²) in [7, 11) is 0. The van der Waals surface area contributed by atoms with Crippen molar-refractivity contribution in [2.24, 2.45) is 5.41 Å². The molecule has 0 radical (unpaired) electrons. The SMILES string of the molecule is CC1(C)CC=C(c2nc(C(C)(C)OCCN3CCOCC3)ccc2NC(=O)c2ncc(C#N)[nH]2)CC1. The molecule has 1 saturated heterocycles. The van der Waals surface area contributed by atoms with Gasteiger partial charge in [0.25, 0.3) is 5.91 Å². The van der Waals surface area contributed by atoms with Crippen molar-refractivity contribution in [3.8, 4) is 6.07 Å². The van der Waals surface area contributed by atoms with Gasteiger partial charge in [-0.3, -0.25) is 9.69 Å². The average molecular weight is 493 g/mol. The number of nitrogens with one attached hydrogen (secondary N) is 2. The number of nitrogens with zero attached hydrogens (tertiary/aromatic N) is 4. The molecule has 1 aliphatic heterocycles. The van der Waals surface area contributed by atoms with Crippen molar-refractivity contribution < 1.29 is 14.3 Å². The number of carbonyl (C=O) groups is 1. The summed E-state index contributed by atoms with van der Waals surface area (Å²) in [5.74, 6) is -0.322. The number of imidazole rings is 1. The molecule has 1 aliphatic carbocycles. The van der Waals surface area contributed by atoms with E-state index in [1.54, 1.807) is 0 Å². The zero-order valence-corrected chi connectivity index (χ0v) is 21.7. The van der Waals surface area contributed by atoms with E-state index >= 15 is 0 Å². The first-order valence-corrected chi connectivity index (χ1v) is 12.6. The molecule has 3 heterocycles. The molecular formula is C27H36N6O3. The lowest BCUT2D eigenvalue weighted by atomic mass is 9.77. The second-order valence-electron chi connectivity index (χ2n) is 10.7. The van der Waals surface area contributed by atoms with Crippen LogP contribution in [0.2, 0.25) is 0 Å². The third-order valence-electron chi connectivity index (χ3n) is 6.92. The van der Waals surface area contributed by atoms with E-state index in [1.807, 2.05) is 32.0 Å². The Morgan fingerprint density at radius 1 is 1.33 bits per heavy atom. The molecule has 0 saturated carbocycles. The maximum atomic E-state index is 12.9. The molecule has 9 heteroatoms. The Balaban J connectivity index is 1.55. The first kappa shape index (κ1) is 26.0. The van der Waals surface area contributed by atoms with Crippen molar-refractivity contribution >= 4 is 17.2 Å². The van der Waals surface area contributed by atoms with E-state index in [-0.39, 0.29) is 16.9 Å². The molecule has 2 aromatic rings. The molecule has 1 fully saturated rings. The first-order chi connectivity index (χ1) is 17.2. The summed E-state index contributed by atoms with van der Waals surface area (Å²) in [6.07, 6.45) is 6.45. The van der Waals surface area contributed by atoms with Crippen LogP contribution in [-0.2, 0) is 15.1 Å². The van der Waals surface area contributed by atoms with Gasteiger partial charge in [-0.2, -0.15) is 5.26 Å². The molecule has 2 aliphatic rings. The molecule has 0 spiro atoms. The largest absolute Gasteiger partial charge is 0.379 e. The third-order valence-corrected chi connectivity index (χ3v) is 6.92. The van der Waals surface area contributed by atoms with Crippen molar-refractivity contribution in [2.45, 2.75) is 52.6 Å². The molecule has 2 aromatic heterocycles. The molecule has 4 rings (SSSR count). The van der Waals surface area contributed by atoms with Crippen molar-refractivity contribution in [3.05, 3.63) is 47.3 Å². The first-order valence-electron chi connectivity index (χ1n) is 12.6. The van der Waals surface area contributed by atoms with Gasteiger partial charge in [0, 0.05) is 19.6 Å². The van der Waals surface area contributed by atoms with E-state index < -0.39 is 11.5 Å². The molecule has 0 aromatic carbocycles. The molecule has 0 unspecified atom stereocenters. The summed E-state index contributed by atoms with van der Waals surface area (Å²) in [5.41, 5.74) is 3.19. The Kier molecular flexibility index (Phi) is 7.88. The number of aromatic amines is 1. The van der Waals surface area contributed by atoms with Gasteiger partial charge in [-0.15, -0.1) is 0 Å². The Hall–Kier alpha value is -3.06. The van der Waals surface area contributed by atoms with Gasteiger partial charge < -0.3 is 19.8 Å². The van der Waals surface area contributed by atoms with Crippen LogP contribution in [-0.4, -0.2) is 65.2 Å². The second-order valence-corrected chi connectivity index (χ2v) is 10.7. The maximum Gasteiger partial charge on any atom is 0.291 e. The van der Waals surface area contributed by atoms with E-state index in [0.717, 1.165) is 69.1 Å². The van der Waals surface area contributed by atoms with Gasteiger partial charge in [-0.05, 0) is 56.2 Å². The van der Waals surface area contributed by atoms with Crippen LogP contribution in [0.25, 0.3) is 5.57 Å². The van der Waals surface area contributed by atoms with Crippen LogP contribution in [0.1, 0.15) is 74.7 Å². The fourth-order valence-electron chi connectivity index (χ4n) is 4.44. The molecule has 9 nitrogen and oxygen atoms in total. The van der Waals surface area contributed by atoms with E-state index in [9.17, 15) is 4.79 Å². The number of hydrogen-bond acceptors (Lipinski definition) is 7. The molecule has 36 heavy (non-hydrogen) atoms. The van der Waals surface area contributed by atoms with Crippen LogP contribution in [0.3, 0.4) is 0 Å². The van der Waals surface area contributed by atoms with Crippen molar-refractivity contribution in [1.82, 2.24) is 19.9 Å². The fraction of sp³-hybridized carbons (Fsp3) is 0.556. The molecule has 0 atom stereocenters. The summed E-state index contributed by atoms with van der Waals surface area (Å²) < 4.78 is 11.7. The lowest BCUT2D eigenvalue weighted by Crippen LogP contribution is -2.39. The maximum absolute atomic E-state index is 12.9. The Morgan fingerprint density at radius 3 is 2.78 bits per heavy atom. The standard InChI is InChI=1S/C27H36N6O3/c1-26(2)9-7-19(8-10-26)23-21(31-25(34)24-29-18-20(17-28)30-24)5-6-22(32-23)27(3,4)36-16-13-33-11-14-35-15-12-33/h5-7,18H,8-16H2,1-4H3,(H,29,30)(H,31,34). The monoisotopic (exact) mass is 492 g/mol. The number of ether oxygens (including phenoxy) is 2. The normalized spacial score (nSPS) is 18.4. The molecule has 0 bridgehead atoms. The number of allylic oxidation sites excluding steroid dienone is 2. The summed E-state index contributed by atoms with van der Waals surface area (Å²) in [5, 5.41) is 12.0. The van der Waals surface area contributed by atoms with Crippen LogP contribution in [0, 0.1) is 16.7 Å². The highest BCUT2D eigenvalue weighted by molar-refractivity contribution is 6.03. The van der Waals surface area contributed by atoms with Crippen molar-refractivity contribution in [2.75, 3.05) is 44.8 Å². The third kappa shape index (κ3) is 6.38. The number of nitriles is 1. The van der Waals surface area contributed by atoms with Crippen LogP contribution < -0.4 is 5.32 Å². The second kappa shape index (κ2) is 10.9. The molecule has 1 amide bonds. The van der Waals surface area contributed by atoms with Gasteiger partial charge in [0.2, 0.25) is 0 Å². The van der Waals surface area contributed by atoms with E-state index in [4.69, 9.17) is 19.7 Å². The van der Waals surface area contributed by atoms with Crippen LogP contribution in [0.15, 0.2) is 24.4 Å². The summed E-state index contributed by atoms with van der Waals surface area (Å²) in [4.78, 5) is 27.0. The number of amides is 1. The number of H-pyrrole nitrogens is 1. The Labute approximate surface area is 212 Å². The highest BCUT2D eigenvalue weighted by Gasteiger charge is 2.28. The van der Waals surface area contributed by atoms with Crippen LogP contribution in [0.5, 0.6) is 0 Å². The number of anilines is 1. The van der Waals surface area contributed by atoms with E-state index in [0.29, 0.717) is 12.3 Å². The number of morpholine rings is 1. The summed E-state index contributed by atoms with van der Waals surface area (Å²) in [6, 6.07) is 5.75. The minimum absolute atomic E-state index is 0.0899. The van der Waals surface area contributed by atoms with Gasteiger partial charge in [0.1, 0.15) is 17.4 Å². The van der Waals surface area contributed by atoms with Crippen LogP contribution >= 0.6 is 0 Å². The van der Waals surface area contributed by atoms with E-state index in [1.165, 1.54) is 6.20 Å². The molecule has 2 N–H and O–H groups in total. The van der Waals surface area contributed by atoms with Crippen molar-refractivity contribution in [1.29, 1.82) is 5.26 Å². The summed E-state index contributed by atoms with van der Waals surface area (Å²) in [6.45, 7) is 13.4. The van der Waals surface area contributed by atoms with Gasteiger partial charge in [0.05, 0.1) is 43.1 Å². The molecular weight excluding hydrogens is 456 g/mol. The topological polar surface area (TPSA) is 116 Å². The number of hydrogen-bond donors (Lipinski definition) is 2. The number of carbonyl (C=O) groups excluding carboxylic acids is 1. The highest BCUT2D eigenvalue weighted by Crippen LogP contribution is 2.40. The number of pyridine rings is 1. The van der Waals surface area contributed by atoms with Gasteiger partial charge in [-0.25, -0.2) is 9.97 Å². The highest BCUT2D eigenvalue weighted by atomic mass is 16.5. The number of aromatic nitrogens is 3. The fourth-order valence-corrected chi connectivity index (χ4v) is 4.44. The van der Waals surface area contributed by atoms with Gasteiger partial charge in [-0.1, -0.05) is 19.9 Å². The lowest BCUT2D eigenvalue weighted by molar-refractivity contribution is -0.0443. The Morgan fingerprint density at radius 2 is 2.11 bits per heavy atom. The predicted octanol–water partition coefficient (Wildman–Crippen LogP) is 4.11. The predicted molar refractivity (Wildman–Crippen MR) is 137 cm³/mol. The average Bonchev–Trinajstić information content (AvgIpc) is 3.35. The van der Waals surface area contributed by atoms with Crippen molar-refractivity contribution in [3.63, 3.8) is 0 Å². The Bertz CT molecular complexity index is 1150. The van der Waals surface area contributed by atoms with Crippen LogP contribution in [0.4, 0.5) is 5.69 Å². The smallest absolute Gasteiger partial charge is 0.291 e. The minimum Gasteiger partial charge on any atom is -0.379 e. The number of rotatable bonds is 8. The summed E-state index contributed by atoms with van der Waals surface area (Å²) >= 11 is 0. The molecule has 192 valence electrons. The quantitative estimate of drug-likeness (QED) is 0.570. The van der Waals surface area contributed by atoms with E-state index in [2.05, 4.69) is 40.1 Å². The zero-order valence-electron chi connectivity index (χ0n) is 21.7.